The number of allylic oxidation sites excluding steroid dienone is 1. The van der Waals surface area contributed by atoms with Crippen molar-refractivity contribution in [1.29, 1.82) is 0 Å². The number of hydrogen-bond donors (Lipinski definition) is 3. The molecule has 0 spiro atoms. The molecule has 0 unspecified atom stereocenters. The van der Waals surface area contributed by atoms with Gasteiger partial charge in [-0.1, -0.05) is 35.9 Å². The van der Waals surface area contributed by atoms with Crippen molar-refractivity contribution in [3.63, 3.8) is 0 Å². The summed E-state index contributed by atoms with van der Waals surface area (Å²) in [7, 11) is 0. The van der Waals surface area contributed by atoms with Gasteiger partial charge in [0, 0.05) is 16.9 Å². The summed E-state index contributed by atoms with van der Waals surface area (Å²) >= 11 is 6.24. The van der Waals surface area contributed by atoms with Gasteiger partial charge >= 0.3 is 6.03 Å². The van der Waals surface area contributed by atoms with Crippen molar-refractivity contribution >= 4 is 29.4 Å². The number of benzene rings is 1. The minimum absolute atomic E-state index is 0.358. The van der Waals surface area contributed by atoms with Gasteiger partial charge in [-0.15, -0.1) is 0 Å². The van der Waals surface area contributed by atoms with E-state index in [1.54, 1.807) is 55.6 Å². The lowest BCUT2D eigenvalue weighted by molar-refractivity contribution is -0.113. The molecule has 1 aliphatic heterocycles. The highest BCUT2D eigenvalue weighted by atomic mass is 35.5. The van der Waals surface area contributed by atoms with Gasteiger partial charge in [-0.25, -0.2) is 9.78 Å². The topological polar surface area (TPSA) is 83.1 Å². The van der Waals surface area contributed by atoms with Gasteiger partial charge in [0.1, 0.15) is 5.82 Å². The summed E-state index contributed by atoms with van der Waals surface area (Å²) in [6.45, 7) is 1.68. The average molecular weight is 343 g/mol. The normalized spacial score (nSPS) is 17.1. The van der Waals surface area contributed by atoms with Gasteiger partial charge in [-0.3, -0.25) is 4.79 Å². The molecule has 2 heterocycles. The average Bonchev–Trinajstić information content (AvgIpc) is 2.55. The number of urea groups is 1. The van der Waals surface area contributed by atoms with Crippen molar-refractivity contribution < 1.29 is 9.59 Å². The Labute approximate surface area is 143 Å². The first kappa shape index (κ1) is 16.0. The van der Waals surface area contributed by atoms with Crippen molar-refractivity contribution in [1.82, 2.24) is 15.6 Å². The molecule has 0 fully saturated rings. The molecule has 6 nitrogen and oxygen atoms in total. The highest BCUT2D eigenvalue weighted by Crippen LogP contribution is 2.31. The summed E-state index contributed by atoms with van der Waals surface area (Å²) in [5, 5.41) is 8.57. The molecule has 0 aliphatic carbocycles. The number of hydrogen-bond acceptors (Lipinski definition) is 3. The van der Waals surface area contributed by atoms with Crippen molar-refractivity contribution in [2.24, 2.45) is 0 Å². The number of pyridine rings is 1. The van der Waals surface area contributed by atoms with Crippen molar-refractivity contribution in [2.75, 3.05) is 5.32 Å². The molecule has 2 aromatic rings. The number of rotatable bonds is 3. The Hall–Kier alpha value is -2.86. The first-order valence-electron chi connectivity index (χ1n) is 7.31. The second-order valence-corrected chi connectivity index (χ2v) is 5.67. The Balaban J connectivity index is 1.98. The van der Waals surface area contributed by atoms with Gasteiger partial charge < -0.3 is 16.0 Å². The number of carbonyl (C=O) groups is 2. The fourth-order valence-corrected chi connectivity index (χ4v) is 2.80. The molecule has 24 heavy (non-hydrogen) atoms. The highest BCUT2D eigenvalue weighted by Gasteiger charge is 2.32. The van der Waals surface area contributed by atoms with Crippen LogP contribution in [0.5, 0.6) is 0 Å². The van der Waals surface area contributed by atoms with E-state index in [2.05, 4.69) is 20.9 Å². The number of aromatic nitrogens is 1. The molecule has 1 atom stereocenters. The van der Waals surface area contributed by atoms with Crippen molar-refractivity contribution in [3.05, 3.63) is 70.5 Å². The van der Waals surface area contributed by atoms with Gasteiger partial charge in [0.05, 0.1) is 11.6 Å². The Bertz CT molecular complexity index is 820. The number of anilines is 1. The molecule has 0 saturated heterocycles. The molecule has 0 radical (unpaired) electrons. The molecular formula is C17H15ClN4O2. The summed E-state index contributed by atoms with van der Waals surface area (Å²) in [5.41, 5.74) is 1.50. The van der Waals surface area contributed by atoms with Crippen LogP contribution >= 0.6 is 11.6 Å². The smallest absolute Gasteiger partial charge is 0.319 e. The Morgan fingerprint density at radius 2 is 1.96 bits per heavy atom. The highest BCUT2D eigenvalue weighted by molar-refractivity contribution is 6.31. The SMILES string of the molecule is CC1=C(C(=O)Nc2ccccn2)[C@H](c2ccccc2Cl)NC(=O)N1. The number of halogens is 1. The Kier molecular flexibility index (Phi) is 4.48. The molecular weight excluding hydrogens is 328 g/mol. The Morgan fingerprint density at radius 1 is 1.21 bits per heavy atom. The summed E-state index contributed by atoms with van der Waals surface area (Å²) < 4.78 is 0. The lowest BCUT2D eigenvalue weighted by Crippen LogP contribution is -2.46. The van der Waals surface area contributed by atoms with E-state index >= 15 is 0 Å². The molecule has 3 rings (SSSR count). The van der Waals surface area contributed by atoms with Gasteiger partial charge in [0.2, 0.25) is 0 Å². The summed E-state index contributed by atoms with van der Waals surface area (Å²) in [6, 6.07) is 11.3. The van der Waals surface area contributed by atoms with Crippen LogP contribution < -0.4 is 16.0 Å². The molecule has 7 heteroatoms. The molecule has 3 amide bonds. The number of nitrogens with one attached hydrogen (secondary N) is 3. The molecule has 1 aromatic heterocycles. The fraction of sp³-hybridized carbons (Fsp3) is 0.118. The molecule has 1 aromatic carbocycles. The maximum Gasteiger partial charge on any atom is 0.319 e. The first-order chi connectivity index (χ1) is 11.6. The van der Waals surface area contributed by atoms with Crippen LogP contribution in [-0.2, 0) is 4.79 Å². The predicted octanol–water partition coefficient (Wildman–Crippen LogP) is 3.00. The van der Waals surface area contributed by atoms with Gasteiger partial charge in [-0.2, -0.15) is 0 Å². The van der Waals surface area contributed by atoms with Gasteiger partial charge in [0.15, 0.2) is 0 Å². The van der Waals surface area contributed by atoms with Gasteiger partial charge in [-0.05, 0) is 30.7 Å². The third-order valence-electron chi connectivity index (χ3n) is 3.64. The van der Waals surface area contributed by atoms with E-state index in [0.717, 1.165) is 0 Å². The first-order valence-corrected chi connectivity index (χ1v) is 7.69. The standard InChI is InChI=1S/C17H15ClN4O2/c1-10-14(16(23)21-13-8-4-5-9-19-13)15(22-17(24)20-10)11-6-2-3-7-12(11)18/h2-9,15H,1H3,(H,19,21,23)(H2,20,22,24)/t15-/m0/s1. The minimum atomic E-state index is -0.642. The number of nitrogens with zero attached hydrogens (tertiary/aromatic N) is 1. The molecule has 0 bridgehead atoms. The van der Waals surface area contributed by atoms with Crippen LogP contribution in [0, 0.1) is 0 Å². The fourth-order valence-electron chi connectivity index (χ4n) is 2.56. The lowest BCUT2D eigenvalue weighted by Gasteiger charge is -2.29. The van der Waals surface area contributed by atoms with Crippen LogP contribution in [0.25, 0.3) is 0 Å². The largest absolute Gasteiger partial charge is 0.327 e. The maximum atomic E-state index is 12.7. The van der Waals surface area contributed by atoms with Crippen molar-refractivity contribution in [3.8, 4) is 0 Å². The quantitative estimate of drug-likeness (QED) is 0.801. The zero-order valence-corrected chi connectivity index (χ0v) is 13.6. The van der Waals surface area contributed by atoms with Crippen LogP contribution in [0.15, 0.2) is 59.9 Å². The summed E-state index contributed by atoms with van der Waals surface area (Å²) in [6.07, 6.45) is 1.59. The van der Waals surface area contributed by atoms with Crippen LogP contribution in [0.2, 0.25) is 5.02 Å². The number of amides is 3. The van der Waals surface area contributed by atoms with Gasteiger partial charge in [0.25, 0.3) is 5.91 Å². The summed E-state index contributed by atoms with van der Waals surface area (Å²) in [4.78, 5) is 28.7. The van der Waals surface area contributed by atoms with E-state index in [9.17, 15) is 9.59 Å². The van der Waals surface area contributed by atoms with E-state index in [1.807, 2.05) is 0 Å². The zero-order chi connectivity index (χ0) is 17.1. The molecule has 1 aliphatic rings. The predicted molar refractivity (Wildman–Crippen MR) is 91.4 cm³/mol. The Morgan fingerprint density at radius 3 is 2.67 bits per heavy atom. The maximum absolute atomic E-state index is 12.7. The third kappa shape index (κ3) is 3.23. The van der Waals surface area contributed by atoms with Crippen molar-refractivity contribution in [2.45, 2.75) is 13.0 Å². The van der Waals surface area contributed by atoms with Crippen LogP contribution in [-0.4, -0.2) is 16.9 Å². The second kappa shape index (κ2) is 6.72. The van der Waals surface area contributed by atoms with E-state index in [0.29, 0.717) is 27.7 Å². The van der Waals surface area contributed by atoms with E-state index in [1.165, 1.54) is 0 Å². The molecule has 3 N–H and O–H groups in total. The molecule has 122 valence electrons. The van der Waals surface area contributed by atoms with E-state index < -0.39 is 6.04 Å². The van der Waals surface area contributed by atoms with Crippen LogP contribution in [0.3, 0.4) is 0 Å². The summed E-state index contributed by atoms with van der Waals surface area (Å²) in [5.74, 6) is 0.0706. The van der Waals surface area contributed by atoms with Crippen LogP contribution in [0.1, 0.15) is 18.5 Å². The molecule has 0 saturated carbocycles. The second-order valence-electron chi connectivity index (χ2n) is 5.26. The van der Waals surface area contributed by atoms with Crippen LogP contribution in [0.4, 0.5) is 10.6 Å². The van der Waals surface area contributed by atoms with E-state index in [4.69, 9.17) is 11.6 Å². The van der Waals surface area contributed by atoms with E-state index in [-0.39, 0.29) is 11.9 Å². The minimum Gasteiger partial charge on any atom is -0.327 e. The lowest BCUT2D eigenvalue weighted by atomic mass is 9.95. The monoisotopic (exact) mass is 342 g/mol. The number of carbonyl (C=O) groups excluding carboxylic acids is 2. The third-order valence-corrected chi connectivity index (χ3v) is 3.98. The zero-order valence-electron chi connectivity index (χ0n) is 12.8.